The number of aromatic nitrogens is 1. The van der Waals surface area contributed by atoms with E-state index in [9.17, 15) is 0 Å². The summed E-state index contributed by atoms with van der Waals surface area (Å²) in [5.74, 6) is 0.653. The van der Waals surface area contributed by atoms with Crippen LogP contribution in [-0.2, 0) is 4.74 Å². The van der Waals surface area contributed by atoms with Gasteiger partial charge in [0.05, 0.1) is 5.60 Å². The lowest BCUT2D eigenvalue weighted by molar-refractivity contribution is -0.107. The summed E-state index contributed by atoms with van der Waals surface area (Å²) in [5.41, 5.74) is -0.151. The first-order valence-corrected chi connectivity index (χ1v) is 7.89. The molecule has 1 aromatic carbocycles. The van der Waals surface area contributed by atoms with Gasteiger partial charge in [0.15, 0.2) is 0 Å². The monoisotopic (exact) mass is 350 g/mol. The molecule has 0 radical (unpaired) electrons. The van der Waals surface area contributed by atoms with Crippen LogP contribution in [0.4, 0.5) is 0 Å². The van der Waals surface area contributed by atoms with Gasteiger partial charge >= 0.3 is 0 Å². The molecule has 3 rings (SSSR count). The first kappa shape index (κ1) is 14.8. The van der Waals surface area contributed by atoms with Gasteiger partial charge in [-0.25, -0.2) is 4.98 Å². The molecule has 1 aliphatic heterocycles. The third-order valence-electron chi connectivity index (χ3n) is 3.53. The molecule has 2 heterocycles. The lowest BCUT2D eigenvalue weighted by Crippen LogP contribution is -2.52. The Morgan fingerprint density at radius 1 is 1.38 bits per heavy atom. The Morgan fingerprint density at radius 3 is 3.05 bits per heavy atom. The second-order valence-corrected chi connectivity index (χ2v) is 6.75. The predicted octanol–water partition coefficient (Wildman–Crippen LogP) is 3.14. The topological polar surface area (TPSA) is 43.4 Å². The van der Waals surface area contributed by atoms with Crippen molar-refractivity contribution in [1.82, 2.24) is 10.3 Å². The molecule has 5 heteroatoms. The maximum atomic E-state index is 6.01. The number of fused-ring (bicyclic) bond motifs is 1. The first-order valence-electron chi connectivity index (χ1n) is 7.10. The summed E-state index contributed by atoms with van der Waals surface area (Å²) < 4.78 is 13.0. The molecule has 1 fully saturated rings. The number of hydrogen-bond donors (Lipinski definition) is 1. The van der Waals surface area contributed by atoms with Crippen molar-refractivity contribution in [3.8, 4) is 5.88 Å². The van der Waals surface area contributed by atoms with Gasteiger partial charge in [-0.05, 0) is 32.0 Å². The summed E-state index contributed by atoms with van der Waals surface area (Å²) in [4.78, 5) is 4.35. The standard InChI is InChI=1S/C16H19BrN2O2/c1-16(2)10-18-8-11(21-16)9-20-15-13-4-3-5-14(17)12(13)6-7-19-15/h3-7,11,18H,8-10H2,1-2H3. The summed E-state index contributed by atoms with van der Waals surface area (Å²) in [7, 11) is 0. The molecule has 1 N–H and O–H groups in total. The van der Waals surface area contributed by atoms with Gasteiger partial charge in [0.2, 0.25) is 5.88 Å². The van der Waals surface area contributed by atoms with E-state index in [1.165, 1.54) is 0 Å². The number of nitrogens with zero attached hydrogens (tertiary/aromatic N) is 1. The van der Waals surface area contributed by atoms with Crippen LogP contribution >= 0.6 is 15.9 Å². The number of morpholine rings is 1. The van der Waals surface area contributed by atoms with Gasteiger partial charge in [-0.3, -0.25) is 0 Å². The highest BCUT2D eigenvalue weighted by Gasteiger charge is 2.28. The van der Waals surface area contributed by atoms with Crippen molar-refractivity contribution in [2.45, 2.75) is 25.6 Å². The fourth-order valence-electron chi connectivity index (χ4n) is 2.59. The number of benzene rings is 1. The third-order valence-corrected chi connectivity index (χ3v) is 4.22. The van der Waals surface area contributed by atoms with Gasteiger partial charge < -0.3 is 14.8 Å². The third kappa shape index (κ3) is 3.36. The number of hydrogen-bond acceptors (Lipinski definition) is 4. The minimum atomic E-state index is -0.151. The molecule has 0 aliphatic carbocycles. The van der Waals surface area contributed by atoms with Crippen molar-refractivity contribution in [3.63, 3.8) is 0 Å². The summed E-state index contributed by atoms with van der Waals surface area (Å²) in [6.07, 6.45) is 1.81. The van der Waals surface area contributed by atoms with E-state index in [0.29, 0.717) is 12.5 Å². The molecule has 0 amide bonds. The van der Waals surface area contributed by atoms with E-state index < -0.39 is 0 Å². The fraction of sp³-hybridized carbons (Fsp3) is 0.438. The second-order valence-electron chi connectivity index (χ2n) is 5.89. The molecule has 0 bridgehead atoms. The molecular formula is C16H19BrN2O2. The zero-order chi connectivity index (χ0) is 14.9. The van der Waals surface area contributed by atoms with Crippen LogP contribution in [0.3, 0.4) is 0 Å². The Morgan fingerprint density at radius 2 is 2.24 bits per heavy atom. The van der Waals surface area contributed by atoms with Gasteiger partial charge in [0.25, 0.3) is 0 Å². The molecule has 4 nitrogen and oxygen atoms in total. The van der Waals surface area contributed by atoms with E-state index in [-0.39, 0.29) is 11.7 Å². The van der Waals surface area contributed by atoms with E-state index in [1.54, 1.807) is 6.20 Å². The van der Waals surface area contributed by atoms with Gasteiger partial charge in [-0.2, -0.15) is 0 Å². The highest BCUT2D eigenvalue weighted by atomic mass is 79.9. The first-order chi connectivity index (χ1) is 10.1. The van der Waals surface area contributed by atoms with Crippen LogP contribution in [0.15, 0.2) is 34.9 Å². The zero-order valence-corrected chi connectivity index (χ0v) is 13.8. The highest BCUT2D eigenvalue weighted by Crippen LogP contribution is 2.29. The maximum absolute atomic E-state index is 6.01. The van der Waals surface area contributed by atoms with Crippen molar-refractivity contribution in [2.75, 3.05) is 19.7 Å². The van der Waals surface area contributed by atoms with Crippen molar-refractivity contribution in [1.29, 1.82) is 0 Å². The average Bonchev–Trinajstić information content (AvgIpc) is 2.45. The highest BCUT2D eigenvalue weighted by molar-refractivity contribution is 9.10. The molecular weight excluding hydrogens is 332 g/mol. The van der Waals surface area contributed by atoms with Gasteiger partial charge in [0, 0.05) is 34.5 Å². The second kappa shape index (κ2) is 5.91. The Balaban J connectivity index is 1.75. The molecule has 1 aromatic heterocycles. The van der Waals surface area contributed by atoms with Crippen molar-refractivity contribution in [2.24, 2.45) is 0 Å². The Labute approximate surface area is 133 Å². The molecule has 1 saturated heterocycles. The Hall–Kier alpha value is -1.17. The number of ether oxygens (including phenoxy) is 2. The summed E-state index contributed by atoms with van der Waals surface area (Å²) in [5, 5.41) is 5.49. The van der Waals surface area contributed by atoms with Crippen LogP contribution in [-0.4, -0.2) is 36.4 Å². The van der Waals surface area contributed by atoms with E-state index in [1.807, 2.05) is 24.3 Å². The molecule has 1 unspecified atom stereocenters. The zero-order valence-electron chi connectivity index (χ0n) is 12.2. The Kier molecular flexibility index (Phi) is 4.15. The minimum absolute atomic E-state index is 0.0398. The van der Waals surface area contributed by atoms with Crippen LogP contribution in [0.25, 0.3) is 10.8 Å². The summed E-state index contributed by atoms with van der Waals surface area (Å²) in [6.45, 7) is 6.33. The van der Waals surface area contributed by atoms with Gasteiger partial charge in [-0.15, -0.1) is 0 Å². The molecule has 1 atom stereocenters. The number of nitrogens with one attached hydrogen (secondary N) is 1. The minimum Gasteiger partial charge on any atom is -0.474 e. The Bertz CT molecular complexity index is 645. The molecule has 2 aromatic rings. The summed E-state index contributed by atoms with van der Waals surface area (Å²) >= 11 is 3.56. The van der Waals surface area contributed by atoms with Crippen LogP contribution in [0.2, 0.25) is 0 Å². The fourth-order valence-corrected chi connectivity index (χ4v) is 3.09. The lowest BCUT2D eigenvalue weighted by Gasteiger charge is -2.36. The predicted molar refractivity (Wildman–Crippen MR) is 86.8 cm³/mol. The number of halogens is 1. The number of pyridine rings is 1. The lowest BCUT2D eigenvalue weighted by atomic mass is 10.1. The van der Waals surface area contributed by atoms with Gasteiger partial charge in [-0.1, -0.05) is 22.0 Å². The summed E-state index contributed by atoms with van der Waals surface area (Å²) in [6, 6.07) is 8.01. The molecule has 1 aliphatic rings. The van der Waals surface area contributed by atoms with Crippen LogP contribution in [0, 0.1) is 0 Å². The molecule has 21 heavy (non-hydrogen) atoms. The number of rotatable bonds is 3. The SMILES string of the molecule is CC1(C)CNCC(COc2nccc3c(Br)cccc23)O1. The van der Waals surface area contributed by atoms with E-state index >= 15 is 0 Å². The normalized spacial score (nSPS) is 21.4. The maximum Gasteiger partial charge on any atom is 0.221 e. The van der Waals surface area contributed by atoms with E-state index in [0.717, 1.165) is 28.3 Å². The van der Waals surface area contributed by atoms with Crippen LogP contribution in [0.5, 0.6) is 5.88 Å². The molecule has 0 spiro atoms. The molecule has 112 valence electrons. The quantitative estimate of drug-likeness (QED) is 0.923. The van der Waals surface area contributed by atoms with Crippen LogP contribution in [0.1, 0.15) is 13.8 Å². The smallest absolute Gasteiger partial charge is 0.221 e. The van der Waals surface area contributed by atoms with E-state index in [2.05, 4.69) is 40.1 Å². The van der Waals surface area contributed by atoms with Crippen molar-refractivity contribution >= 4 is 26.7 Å². The largest absolute Gasteiger partial charge is 0.474 e. The van der Waals surface area contributed by atoms with Crippen LogP contribution < -0.4 is 10.1 Å². The van der Waals surface area contributed by atoms with Crippen molar-refractivity contribution in [3.05, 3.63) is 34.9 Å². The average molecular weight is 351 g/mol. The van der Waals surface area contributed by atoms with Gasteiger partial charge in [0.1, 0.15) is 12.7 Å². The van der Waals surface area contributed by atoms with E-state index in [4.69, 9.17) is 9.47 Å². The molecule has 0 saturated carbocycles. The van der Waals surface area contributed by atoms with Crippen molar-refractivity contribution < 1.29 is 9.47 Å².